The van der Waals surface area contributed by atoms with Crippen molar-refractivity contribution >= 4 is 32.3 Å². The molecule has 0 aliphatic heterocycles. The van der Waals surface area contributed by atoms with Crippen LogP contribution in [-0.2, 0) is 0 Å². The minimum Gasteiger partial charge on any atom is -0.0760 e. The van der Waals surface area contributed by atoms with Gasteiger partial charge in [-0.15, -0.1) is 0 Å². The minimum absolute atomic E-state index is 0.328. The van der Waals surface area contributed by atoms with E-state index < -0.39 is 0 Å². The van der Waals surface area contributed by atoms with Crippen LogP contribution in [0.3, 0.4) is 0 Å². The zero-order valence-corrected chi connectivity index (χ0v) is 19.6. The Morgan fingerprint density at radius 3 is 1.85 bits per heavy atom. The van der Waals surface area contributed by atoms with Crippen LogP contribution in [-0.4, -0.2) is 0 Å². The van der Waals surface area contributed by atoms with E-state index in [4.69, 9.17) is 0 Å². The molecule has 0 fully saturated rings. The van der Waals surface area contributed by atoms with Gasteiger partial charge in [-0.25, -0.2) is 0 Å². The van der Waals surface area contributed by atoms with Crippen LogP contribution in [0.1, 0.15) is 17.0 Å². The summed E-state index contributed by atoms with van der Waals surface area (Å²) in [4.78, 5) is 0. The molecular formula is C32H21Br. The van der Waals surface area contributed by atoms with Gasteiger partial charge in [0.2, 0.25) is 0 Å². The molecule has 4 aromatic rings. The third-order valence-corrected chi connectivity index (χ3v) is 8.03. The van der Waals surface area contributed by atoms with E-state index in [0.29, 0.717) is 11.8 Å². The van der Waals surface area contributed by atoms with Crippen molar-refractivity contribution in [3.63, 3.8) is 0 Å². The summed E-state index contributed by atoms with van der Waals surface area (Å²) in [6.07, 6.45) is 11.5. The molecule has 7 rings (SSSR count). The fourth-order valence-corrected chi connectivity index (χ4v) is 6.56. The number of rotatable bonds is 2. The van der Waals surface area contributed by atoms with Crippen molar-refractivity contribution in [2.24, 2.45) is 5.92 Å². The highest BCUT2D eigenvalue weighted by Crippen LogP contribution is 2.61. The first kappa shape index (κ1) is 19.1. The Kier molecular flexibility index (Phi) is 4.22. The largest absolute Gasteiger partial charge is 0.0760 e. The van der Waals surface area contributed by atoms with Crippen molar-refractivity contribution in [1.82, 2.24) is 0 Å². The molecule has 0 spiro atoms. The van der Waals surface area contributed by atoms with Gasteiger partial charge >= 0.3 is 0 Å². The van der Waals surface area contributed by atoms with Gasteiger partial charge in [-0.05, 0) is 61.4 Å². The van der Waals surface area contributed by atoms with Gasteiger partial charge in [0.1, 0.15) is 0 Å². The molecule has 0 radical (unpaired) electrons. The zero-order chi connectivity index (χ0) is 21.9. The normalized spacial score (nSPS) is 20.1. The Morgan fingerprint density at radius 2 is 1.15 bits per heavy atom. The molecule has 0 aromatic heterocycles. The Labute approximate surface area is 202 Å². The van der Waals surface area contributed by atoms with Crippen molar-refractivity contribution in [1.29, 1.82) is 0 Å². The van der Waals surface area contributed by atoms with Crippen LogP contribution in [0.5, 0.6) is 0 Å². The lowest BCUT2D eigenvalue weighted by atomic mass is 9.77. The summed E-state index contributed by atoms with van der Waals surface area (Å²) in [7, 11) is 0. The Bertz CT molecular complexity index is 1550. The van der Waals surface area contributed by atoms with Crippen LogP contribution in [0.2, 0.25) is 0 Å². The topological polar surface area (TPSA) is 0 Å². The predicted molar refractivity (Wildman–Crippen MR) is 143 cm³/mol. The molecule has 0 nitrogen and oxygen atoms in total. The van der Waals surface area contributed by atoms with Gasteiger partial charge in [0, 0.05) is 16.3 Å². The molecule has 0 saturated heterocycles. The van der Waals surface area contributed by atoms with E-state index in [1.165, 1.54) is 59.8 Å². The highest BCUT2D eigenvalue weighted by Gasteiger charge is 2.44. The number of hydrogen-bond donors (Lipinski definition) is 0. The van der Waals surface area contributed by atoms with Crippen LogP contribution in [0.4, 0.5) is 0 Å². The second kappa shape index (κ2) is 7.30. The highest BCUT2D eigenvalue weighted by molar-refractivity contribution is 9.12. The summed E-state index contributed by atoms with van der Waals surface area (Å²) in [5.74, 6) is 0.681. The van der Waals surface area contributed by atoms with Crippen molar-refractivity contribution in [2.75, 3.05) is 0 Å². The van der Waals surface area contributed by atoms with E-state index in [9.17, 15) is 0 Å². The predicted octanol–water partition coefficient (Wildman–Crippen LogP) is 9.06. The van der Waals surface area contributed by atoms with Crippen molar-refractivity contribution in [3.05, 3.63) is 136 Å². The summed E-state index contributed by atoms with van der Waals surface area (Å²) in [5, 5.41) is 2.65. The van der Waals surface area contributed by atoms with Crippen LogP contribution < -0.4 is 0 Å². The Balaban J connectivity index is 1.70. The minimum atomic E-state index is 0.328. The van der Waals surface area contributed by atoms with Crippen molar-refractivity contribution in [3.8, 4) is 22.3 Å². The van der Waals surface area contributed by atoms with Gasteiger partial charge in [0.05, 0.1) is 0 Å². The second-order valence-electron chi connectivity index (χ2n) is 8.96. The standard InChI is InChI=1S/C32H21Br/c33-27-19-18-26-30-24(27)16-9-17-25(30)31-28(20-10-3-1-4-11-20)22-14-7-8-15-23(22)29(32(26)31)21-12-5-2-6-13-21/h1-19,25,30H. The maximum Gasteiger partial charge on any atom is 0.0213 e. The van der Waals surface area contributed by atoms with Gasteiger partial charge in [-0.1, -0.05) is 125 Å². The molecule has 2 unspecified atom stereocenters. The molecule has 4 aromatic carbocycles. The van der Waals surface area contributed by atoms with Crippen molar-refractivity contribution < 1.29 is 0 Å². The van der Waals surface area contributed by atoms with Crippen LogP contribution in [0.25, 0.3) is 38.6 Å². The average Bonchev–Trinajstić information content (AvgIpc) is 3.21. The van der Waals surface area contributed by atoms with E-state index in [1.807, 2.05) is 0 Å². The van der Waals surface area contributed by atoms with Gasteiger partial charge in [0.15, 0.2) is 0 Å². The molecule has 0 saturated carbocycles. The highest BCUT2D eigenvalue weighted by atomic mass is 79.9. The molecule has 33 heavy (non-hydrogen) atoms. The summed E-state index contributed by atoms with van der Waals surface area (Å²) in [6.45, 7) is 0. The first-order chi connectivity index (χ1) is 16.3. The van der Waals surface area contributed by atoms with E-state index >= 15 is 0 Å². The zero-order valence-electron chi connectivity index (χ0n) is 18.0. The molecule has 3 aliphatic rings. The lowest BCUT2D eigenvalue weighted by Crippen LogP contribution is -2.13. The van der Waals surface area contributed by atoms with Gasteiger partial charge in [-0.3, -0.25) is 0 Å². The second-order valence-corrected chi connectivity index (χ2v) is 9.82. The maximum absolute atomic E-state index is 3.84. The fourth-order valence-electron chi connectivity index (χ4n) is 6.05. The lowest BCUT2D eigenvalue weighted by molar-refractivity contribution is 0.721. The summed E-state index contributed by atoms with van der Waals surface area (Å²) in [5.41, 5.74) is 11.0. The Morgan fingerprint density at radius 1 is 0.545 bits per heavy atom. The molecule has 156 valence electrons. The molecule has 0 N–H and O–H groups in total. The number of halogens is 1. The van der Waals surface area contributed by atoms with Crippen molar-refractivity contribution in [2.45, 2.75) is 5.92 Å². The molecule has 1 heteroatoms. The van der Waals surface area contributed by atoms with Crippen LogP contribution in [0, 0.1) is 5.92 Å². The first-order valence-corrected chi connectivity index (χ1v) is 12.3. The van der Waals surface area contributed by atoms with Gasteiger partial charge in [0.25, 0.3) is 0 Å². The number of fused-ring (bicyclic) bond motifs is 4. The number of benzene rings is 4. The monoisotopic (exact) mass is 484 g/mol. The molecule has 2 atom stereocenters. The van der Waals surface area contributed by atoms with Gasteiger partial charge in [-0.2, -0.15) is 0 Å². The molecular weight excluding hydrogens is 464 g/mol. The van der Waals surface area contributed by atoms with E-state index in [2.05, 4.69) is 131 Å². The first-order valence-electron chi connectivity index (χ1n) is 11.5. The molecule has 0 amide bonds. The average molecular weight is 485 g/mol. The van der Waals surface area contributed by atoms with Crippen LogP contribution in [0.15, 0.2) is 125 Å². The quantitative estimate of drug-likeness (QED) is 0.266. The SMILES string of the molecule is BrC1=CC=C2c3c(c(-c4ccccc4)c4ccccc4c3-c3ccccc3)C3C=CC=C1C23. The van der Waals surface area contributed by atoms with Gasteiger partial charge < -0.3 is 0 Å². The number of allylic oxidation sites excluding steroid dienone is 8. The fraction of sp³-hybridized carbons (Fsp3) is 0.0625. The third-order valence-electron chi connectivity index (χ3n) is 7.31. The van der Waals surface area contributed by atoms with E-state index in [0.717, 1.165) is 0 Å². The van der Waals surface area contributed by atoms with E-state index in [-0.39, 0.29) is 0 Å². The lowest BCUT2D eigenvalue weighted by Gasteiger charge is -2.27. The molecule has 3 aliphatic carbocycles. The van der Waals surface area contributed by atoms with E-state index in [1.54, 1.807) is 0 Å². The van der Waals surface area contributed by atoms with Crippen LogP contribution >= 0.6 is 15.9 Å². The summed E-state index contributed by atoms with van der Waals surface area (Å²) < 4.78 is 1.20. The maximum atomic E-state index is 3.84. The Hall–Kier alpha value is -3.42. The molecule has 0 heterocycles. The summed E-state index contributed by atoms with van der Waals surface area (Å²) >= 11 is 3.84. The smallest absolute Gasteiger partial charge is 0.0213 e. The summed E-state index contributed by atoms with van der Waals surface area (Å²) in [6, 6.07) is 30.8. The number of hydrogen-bond acceptors (Lipinski definition) is 0. The third kappa shape index (κ3) is 2.69. The molecule has 0 bridgehead atoms.